The standard InChI is InChI=1S/C16H20N2/c17-10-12-2-4-15-14(8-12)5-6-18(15)16-9-11-1-3-13(16)7-11/h2,4-6,8,11,13,16H,1,3,7,9-10,17H2. The minimum atomic E-state index is 0.634. The SMILES string of the molecule is NCc1ccc2c(ccn2C2CC3CCC2C3)c1. The fourth-order valence-corrected chi connectivity index (χ4v) is 4.18. The van der Waals surface area contributed by atoms with Gasteiger partial charge in [0.25, 0.3) is 0 Å². The van der Waals surface area contributed by atoms with Crippen molar-refractivity contribution in [1.82, 2.24) is 4.57 Å². The summed E-state index contributed by atoms with van der Waals surface area (Å²) in [6, 6.07) is 9.67. The van der Waals surface area contributed by atoms with Crippen molar-refractivity contribution in [2.75, 3.05) is 0 Å². The predicted molar refractivity (Wildman–Crippen MR) is 74.3 cm³/mol. The summed E-state index contributed by atoms with van der Waals surface area (Å²) in [5.41, 5.74) is 8.34. The molecule has 0 aliphatic heterocycles. The van der Waals surface area contributed by atoms with Gasteiger partial charge in [0.2, 0.25) is 0 Å². The van der Waals surface area contributed by atoms with Gasteiger partial charge in [-0.05, 0) is 60.2 Å². The second kappa shape index (κ2) is 3.86. The van der Waals surface area contributed by atoms with E-state index in [0.29, 0.717) is 6.54 Å². The van der Waals surface area contributed by atoms with Gasteiger partial charge in [-0.15, -0.1) is 0 Å². The zero-order valence-corrected chi connectivity index (χ0v) is 10.7. The van der Waals surface area contributed by atoms with E-state index in [1.807, 2.05) is 0 Å². The second-order valence-electron chi connectivity index (χ2n) is 6.06. The number of nitrogens with zero attached hydrogens (tertiary/aromatic N) is 1. The minimum Gasteiger partial charge on any atom is -0.344 e. The summed E-state index contributed by atoms with van der Waals surface area (Å²) in [6.07, 6.45) is 8.06. The molecule has 0 spiro atoms. The van der Waals surface area contributed by atoms with Gasteiger partial charge in [0.15, 0.2) is 0 Å². The first-order valence-electron chi connectivity index (χ1n) is 7.14. The van der Waals surface area contributed by atoms with E-state index in [-0.39, 0.29) is 0 Å². The van der Waals surface area contributed by atoms with E-state index >= 15 is 0 Å². The van der Waals surface area contributed by atoms with E-state index in [9.17, 15) is 0 Å². The third kappa shape index (κ3) is 1.45. The molecule has 0 radical (unpaired) electrons. The van der Waals surface area contributed by atoms with Gasteiger partial charge < -0.3 is 10.3 Å². The van der Waals surface area contributed by atoms with Gasteiger partial charge in [-0.2, -0.15) is 0 Å². The van der Waals surface area contributed by atoms with E-state index in [0.717, 1.165) is 17.9 Å². The fourth-order valence-electron chi connectivity index (χ4n) is 4.18. The highest BCUT2D eigenvalue weighted by molar-refractivity contribution is 5.81. The van der Waals surface area contributed by atoms with Crippen molar-refractivity contribution >= 4 is 10.9 Å². The molecule has 0 amide bonds. The van der Waals surface area contributed by atoms with Crippen LogP contribution >= 0.6 is 0 Å². The first kappa shape index (κ1) is 10.6. The molecule has 2 bridgehead atoms. The third-order valence-electron chi connectivity index (χ3n) is 5.08. The van der Waals surface area contributed by atoms with Crippen molar-refractivity contribution in [3.05, 3.63) is 36.0 Å². The van der Waals surface area contributed by atoms with Crippen molar-refractivity contribution in [2.45, 2.75) is 38.3 Å². The van der Waals surface area contributed by atoms with Gasteiger partial charge in [-0.25, -0.2) is 0 Å². The van der Waals surface area contributed by atoms with E-state index in [1.165, 1.54) is 42.1 Å². The van der Waals surface area contributed by atoms with Gasteiger partial charge in [0, 0.05) is 24.3 Å². The Balaban J connectivity index is 1.77. The molecule has 2 aliphatic rings. The van der Waals surface area contributed by atoms with Gasteiger partial charge in [0.05, 0.1) is 0 Å². The molecule has 94 valence electrons. The molecular formula is C16H20N2. The fraction of sp³-hybridized carbons (Fsp3) is 0.500. The molecule has 1 aromatic carbocycles. The number of rotatable bonds is 2. The number of nitrogens with two attached hydrogens (primary N) is 1. The molecule has 2 aliphatic carbocycles. The summed E-state index contributed by atoms with van der Waals surface area (Å²) in [4.78, 5) is 0. The van der Waals surface area contributed by atoms with Crippen LogP contribution in [0.1, 0.15) is 37.3 Å². The highest BCUT2D eigenvalue weighted by Crippen LogP contribution is 2.51. The monoisotopic (exact) mass is 240 g/mol. The second-order valence-corrected chi connectivity index (χ2v) is 6.06. The maximum Gasteiger partial charge on any atom is 0.0483 e. The number of benzene rings is 1. The van der Waals surface area contributed by atoms with Crippen LogP contribution < -0.4 is 5.73 Å². The van der Waals surface area contributed by atoms with Gasteiger partial charge in [-0.3, -0.25) is 0 Å². The zero-order valence-electron chi connectivity index (χ0n) is 10.7. The number of hydrogen-bond acceptors (Lipinski definition) is 1. The Morgan fingerprint density at radius 3 is 2.83 bits per heavy atom. The average molecular weight is 240 g/mol. The average Bonchev–Trinajstić information content (AvgIpc) is 3.11. The smallest absolute Gasteiger partial charge is 0.0483 e. The first-order chi connectivity index (χ1) is 8.85. The van der Waals surface area contributed by atoms with Crippen LogP contribution in [0.3, 0.4) is 0 Å². The molecule has 3 atom stereocenters. The highest BCUT2D eigenvalue weighted by Gasteiger charge is 2.40. The predicted octanol–water partition coefficient (Wildman–Crippen LogP) is 3.46. The van der Waals surface area contributed by atoms with Crippen LogP contribution in [0.15, 0.2) is 30.5 Å². The first-order valence-corrected chi connectivity index (χ1v) is 7.14. The summed E-state index contributed by atoms with van der Waals surface area (Å²) in [6.45, 7) is 0.634. The van der Waals surface area contributed by atoms with Crippen LogP contribution in [-0.2, 0) is 6.54 Å². The molecule has 0 saturated heterocycles. The van der Waals surface area contributed by atoms with E-state index < -0.39 is 0 Å². The van der Waals surface area contributed by atoms with E-state index in [4.69, 9.17) is 5.73 Å². The summed E-state index contributed by atoms with van der Waals surface area (Å²) < 4.78 is 2.53. The molecule has 4 rings (SSSR count). The number of aromatic nitrogens is 1. The minimum absolute atomic E-state index is 0.634. The Kier molecular flexibility index (Phi) is 2.28. The largest absolute Gasteiger partial charge is 0.344 e. The van der Waals surface area contributed by atoms with Crippen molar-refractivity contribution in [1.29, 1.82) is 0 Å². The lowest BCUT2D eigenvalue weighted by molar-refractivity contribution is 0.337. The molecule has 1 heterocycles. The van der Waals surface area contributed by atoms with Crippen LogP contribution in [0.5, 0.6) is 0 Å². The van der Waals surface area contributed by atoms with Crippen molar-refractivity contribution in [2.24, 2.45) is 17.6 Å². The molecule has 1 aromatic heterocycles. The lowest BCUT2D eigenvalue weighted by Crippen LogP contribution is -2.15. The molecule has 2 nitrogen and oxygen atoms in total. The third-order valence-corrected chi connectivity index (χ3v) is 5.08. The summed E-state index contributed by atoms with van der Waals surface area (Å²) >= 11 is 0. The molecule has 18 heavy (non-hydrogen) atoms. The Morgan fingerprint density at radius 1 is 1.17 bits per heavy atom. The molecular weight excluding hydrogens is 220 g/mol. The van der Waals surface area contributed by atoms with Crippen molar-refractivity contribution < 1.29 is 0 Å². The van der Waals surface area contributed by atoms with Crippen molar-refractivity contribution in [3.63, 3.8) is 0 Å². The van der Waals surface area contributed by atoms with Crippen LogP contribution in [0.2, 0.25) is 0 Å². The Bertz CT molecular complexity index is 584. The van der Waals surface area contributed by atoms with Crippen LogP contribution in [0, 0.1) is 11.8 Å². The Labute approximate surface area is 108 Å². The molecule has 3 unspecified atom stereocenters. The zero-order chi connectivity index (χ0) is 12.1. The number of hydrogen-bond donors (Lipinski definition) is 1. The van der Waals surface area contributed by atoms with Crippen LogP contribution in [-0.4, -0.2) is 4.57 Å². The number of fused-ring (bicyclic) bond motifs is 3. The Morgan fingerprint density at radius 2 is 2.11 bits per heavy atom. The van der Waals surface area contributed by atoms with E-state index in [1.54, 1.807) is 0 Å². The normalized spacial score (nSPS) is 30.4. The summed E-state index contributed by atoms with van der Waals surface area (Å²) in [7, 11) is 0. The lowest BCUT2D eigenvalue weighted by atomic mass is 9.95. The van der Waals surface area contributed by atoms with E-state index in [2.05, 4.69) is 35.0 Å². The molecule has 2 fully saturated rings. The quantitative estimate of drug-likeness (QED) is 0.856. The van der Waals surface area contributed by atoms with Gasteiger partial charge >= 0.3 is 0 Å². The molecule has 2 N–H and O–H groups in total. The maximum absolute atomic E-state index is 5.71. The van der Waals surface area contributed by atoms with Gasteiger partial charge in [-0.1, -0.05) is 12.5 Å². The lowest BCUT2D eigenvalue weighted by Gasteiger charge is -2.24. The molecule has 2 saturated carbocycles. The van der Waals surface area contributed by atoms with Crippen molar-refractivity contribution in [3.8, 4) is 0 Å². The highest BCUT2D eigenvalue weighted by atomic mass is 15.0. The topological polar surface area (TPSA) is 30.9 Å². The maximum atomic E-state index is 5.71. The molecule has 2 heteroatoms. The summed E-state index contributed by atoms with van der Waals surface area (Å²) in [5.74, 6) is 1.93. The Hall–Kier alpha value is -1.28. The molecule has 2 aromatic rings. The van der Waals surface area contributed by atoms with Crippen LogP contribution in [0.25, 0.3) is 10.9 Å². The summed E-state index contributed by atoms with van der Waals surface area (Å²) in [5, 5.41) is 1.35. The van der Waals surface area contributed by atoms with Gasteiger partial charge in [0.1, 0.15) is 0 Å². The van der Waals surface area contributed by atoms with Crippen LogP contribution in [0.4, 0.5) is 0 Å².